The normalized spacial score (nSPS) is 27.1. The van der Waals surface area contributed by atoms with Crippen molar-refractivity contribution in [3.05, 3.63) is 129 Å². The van der Waals surface area contributed by atoms with Crippen molar-refractivity contribution in [2.45, 2.75) is 175 Å². The predicted molar refractivity (Wildman–Crippen MR) is 306 cm³/mol. The summed E-state index contributed by atoms with van der Waals surface area (Å²) in [7, 11) is -6.97. The van der Waals surface area contributed by atoms with Crippen molar-refractivity contribution in [1.29, 1.82) is 0 Å². The second-order valence-corrected chi connectivity index (χ2v) is 42.9. The molecular weight excluding hydrogens is 1030 g/mol. The molecule has 0 radical (unpaired) electrons. The molecule has 12 nitrogen and oxygen atoms in total. The van der Waals surface area contributed by atoms with Crippen molar-refractivity contribution in [1.82, 2.24) is 0 Å². The number of hydrogen-bond acceptors (Lipinski definition) is 14. The van der Waals surface area contributed by atoms with Gasteiger partial charge in [-0.05, 0) is 188 Å². The smallest absolute Gasteiger partial charge is 0.224 e. The third-order valence-electron chi connectivity index (χ3n) is 12.7. The zero-order chi connectivity index (χ0) is 54.5. The van der Waals surface area contributed by atoms with Crippen molar-refractivity contribution in [2.75, 3.05) is 32.8 Å². The summed E-state index contributed by atoms with van der Waals surface area (Å²) < 4.78 is 45.5. The Bertz CT molecular complexity index is 2390. The summed E-state index contributed by atoms with van der Waals surface area (Å²) >= 11 is 3.43. The van der Waals surface area contributed by atoms with Crippen LogP contribution < -0.4 is 0 Å². The van der Waals surface area contributed by atoms with E-state index in [0.29, 0.717) is 24.2 Å². The molecule has 0 amide bonds. The lowest BCUT2D eigenvalue weighted by Crippen LogP contribution is -2.69. The molecule has 0 aliphatic carbocycles. The monoisotopic (exact) mass is 1110 g/mol. The summed E-state index contributed by atoms with van der Waals surface area (Å²) in [6, 6.07) is 28.7. The highest BCUT2D eigenvalue weighted by Gasteiger charge is 2.59. The molecule has 0 aromatic heterocycles. The van der Waals surface area contributed by atoms with E-state index in [-0.39, 0.29) is 0 Å². The van der Waals surface area contributed by atoms with Crippen molar-refractivity contribution in [3.63, 3.8) is 0 Å². The van der Waals surface area contributed by atoms with Gasteiger partial charge in [0.1, 0.15) is 48.8 Å². The van der Waals surface area contributed by atoms with E-state index in [2.05, 4.69) is 152 Å². The fourth-order valence-electron chi connectivity index (χ4n) is 9.04. The molecule has 2 aliphatic heterocycles. The van der Waals surface area contributed by atoms with Crippen LogP contribution in [0.3, 0.4) is 0 Å². The van der Waals surface area contributed by atoms with E-state index >= 15 is 0 Å². The molecule has 2 fully saturated rings. The molecular formula is C55H86O12S2Si4. The zero-order valence-corrected chi connectivity index (χ0v) is 52.1. The Morgan fingerprint density at radius 2 is 1.01 bits per heavy atom. The van der Waals surface area contributed by atoms with Crippen molar-refractivity contribution in [3.8, 4) is 0 Å². The van der Waals surface area contributed by atoms with Crippen LogP contribution in [0.2, 0.25) is 78.6 Å². The van der Waals surface area contributed by atoms with Crippen LogP contribution >= 0.6 is 23.5 Å². The SMILES string of the molecule is CO[C@@]1(c2ccc(C)c(Cc3ccc(SC)cc3)c2)O[C@H](CO)[C@@H](O)[C@H](O)[C@H]1O.CSc1ccc(Cc2cc([C@]3(O)O[C@H](CO[Si](C)(C)C)[C@@H](O[Si](C)(C)C)[C@H](O[Si](C)(C)C)[C@H]3O[Si](C)(C)C)ccc2C)cc1. The third kappa shape index (κ3) is 16.5. The fraction of sp³-hybridized carbons (Fsp3) is 0.564. The van der Waals surface area contributed by atoms with Crippen LogP contribution in [0.25, 0.3) is 0 Å². The van der Waals surface area contributed by atoms with E-state index in [9.17, 15) is 25.5 Å². The number of ether oxygens (including phenoxy) is 3. The largest absolute Gasteiger partial charge is 0.415 e. The zero-order valence-electron chi connectivity index (χ0n) is 46.4. The number of rotatable bonds is 19. The topological polar surface area (TPSA) is 166 Å². The molecule has 0 spiro atoms. The molecule has 6 rings (SSSR count). The quantitative estimate of drug-likeness (QED) is 0.0445. The molecule has 0 unspecified atom stereocenters. The van der Waals surface area contributed by atoms with Crippen LogP contribution in [-0.4, -0.2) is 140 Å². The fourth-order valence-corrected chi connectivity index (χ4v) is 13.8. The highest BCUT2D eigenvalue weighted by atomic mass is 32.2. The molecule has 4 aromatic carbocycles. The number of benzene rings is 4. The van der Waals surface area contributed by atoms with Crippen LogP contribution in [0.5, 0.6) is 0 Å². The molecule has 73 heavy (non-hydrogen) atoms. The molecule has 2 heterocycles. The number of aliphatic hydroxyl groups is 5. The molecule has 0 saturated carbocycles. The van der Waals surface area contributed by atoms with Gasteiger partial charge in [-0.2, -0.15) is 0 Å². The molecule has 18 heteroatoms. The Kier molecular flexibility index (Phi) is 21.3. The Morgan fingerprint density at radius 3 is 1.44 bits per heavy atom. The summed E-state index contributed by atoms with van der Waals surface area (Å²) in [5, 5.41) is 53.5. The second kappa shape index (κ2) is 25.2. The number of aliphatic hydroxyl groups excluding tert-OH is 4. The van der Waals surface area contributed by atoms with Gasteiger partial charge in [0.2, 0.25) is 11.6 Å². The Balaban J connectivity index is 0.000000294. The molecule has 2 aliphatic rings. The van der Waals surface area contributed by atoms with E-state index in [4.69, 9.17) is 31.9 Å². The molecule has 0 bridgehead atoms. The minimum atomic E-state index is -2.21. The summed E-state index contributed by atoms with van der Waals surface area (Å²) in [6.07, 6.45) is -2.28. The highest BCUT2D eigenvalue weighted by molar-refractivity contribution is 7.98. The Morgan fingerprint density at radius 1 is 0.562 bits per heavy atom. The first-order valence-electron chi connectivity index (χ1n) is 25.3. The molecule has 406 valence electrons. The Hall–Kier alpha value is -2.03. The van der Waals surface area contributed by atoms with E-state index in [0.717, 1.165) is 28.7 Å². The van der Waals surface area contributed by atoms with E-state index in [1.165, 1.54) is 28.0 Å². The lowest BCUT2D eigenvalue weighted by molar-refractivity contribution is -0.366. The van der Waals surface area contributed by atoms with E-state index in [1.807, 2.05) is 31.4 Å². The van der Waals surface area contributed by atoms with Gasteiger partial charge in [0, 0.05) is 28.0 Å². The van der Waals surface area contributed by atoms with Gasteiger partial charge < -0.3 is 57.4 Å². The van der Waals surface area contributed by atoms with Gasteiger partial charge in [-0.25, -0.2) is 0 Å². The highest BCUT2D eigenvalue weighted by Crippen LogP contribution is 2.45. The van der Waals surface area contributed by atoms with Crippen LogP contribution in [-0.2, 0) is 56.3 Å². The maximum absolute atomic E-state index is 12.9. The number of methoxy groups -OCH3 is 1. The van der Waals surface area contributed by atoms with Gasteiger partial charge in [0.05, 0.1) is 13.2 Å². The van der Waals surface area contributed by atoms with Crippen molar-refractivity contribution >= 4 is 56.8 Å². The van der Waals surface area contributed by atoms with Crippen LogP contribution in [0.1, 0.15) is 44.5 Å². The summed E-state index contributed by atoms with van der Waals surface area (Å²) in [5.74, 6) is -3.46. The number of thioether (sulfide) groups is 2. The number of aryl methyl sites for hydroxylation is 2. The van der Waals surface area contributed by atoms with Crippen LogP contribution in [0, 0.1) is 13.8 Å². The first-order valence-corrected chi connectivity index (χ1v) is 41.4. The lowest BCUT2D eigenvalue weighted by Gasteiger charge is -2.54. The predicted octanol–water partition coefficient (Wildman–Crippen LogP) is 9.94. The minimum Gasteiger partial charge on any atom is -0.415 e. The van der Waals surface area contributed by atoms with Gasteiger partial charge >= 0.3 is 0 Å². The van der Waals surface area contributed by atoms with Crippen LogP contribution in [0.4, 0.5) is 0 Å². The molecule has 2 saturated heterocycles. The standard InChI is InChI=1S/C33H58O6SSi4.C22H28O6S/c1-24-15-18-27(22-26(24)21-25-16-19-28(40-2)20-17-25)33(34)32(39-44(12,13)14)31(38-43(9,10)11)30(37-42(6,7)8)29(36-33)23-35-41(3,4)5;1-13-4-7-16(11-15(13)10-14-5-8-17(29-3)9-6-14)22(27-2)21(26)20(25)19(24)18(12-23)28-22/h15-20,22,29-32,34H,21,23H2,1-14H3;4-9,11,18-21,23-26H,10,12H2,1-3H3/t29-,30-,31+,32-,33+;18-,19-,20+,21-,22+/m11/s1. The van der Waals surface area contributed by atoms with Crippen molar-refractivity contribution < 1.29 is 57.4 Å². The van der Waals surface area contributed by atoms with Crippen LogP contribution in [0.15, 0.2) is 94.7 Å². The second-order valence-electron chi connectivity index (χ2n) is 23.3. The molecule has 10 atom stereocenters. The van der Waals surface area contributed by atoms with Gasteiger partial charge in [-0.15, -0.1) is 23.5 Å². The number of hydrogen-bond donors (Lipinski definition) is 5. The van der Waals surface area contributed by atoms with E-state index < -0.39 is 100 Å². The summed E-state index contributed by atoms with van der Waals surface area (Å²) in [5.41, 5.74) is 7.95. The molecule has 4 aromatic rings. The minimum absolute atomic E-state index is 0.318. The first-order chi connectivity index (χ1) is 33.9. The van der Waals surface area contributed by atoms with Gasteiger partial charge in [-0.3, -0.25) is 0 Å². The first kappa shape index (κ1) is 61.8. The Labute approximate surface area is 449 Å². The van der Waals surface area contributed by atoms with Gasteiger partial charge in [-0.1, -0.05) is 48.5 Å². The maximum atomic E-state index is 12.9. The third-order valence-corrected chi connectivity index (χ3v) is 18.2. The average Bonchev–Trinajstić information content (AvgIpc) is 3.31. The van der Waals surface area contributed by atoms with Crippen molar-refractivity contribution in [2.24, 2.45) is 0 Å². The summed E-state index contributed by atoms with van der Waals surface area (Å²) in [6.45, 7) is 30.0. The van der Waals surface area contributed by atoms with Gasteiger partial charge in [0.15, 0.2) is 33.3 Å². The summed E-state index contributed by atoms with van der Waals surface area (Å²) in [4.78, 5) is 2.43. The van der Waals surface area contributed by atoms with E-state index in [1.54, 1.807) is 29.6 Å². The average molecular weight is 1120 g/mol. The lowest BCUT2D eigenvalue weighted by atomic mass is 9.86. The van der Waals surface area contributed by atoms with Gasteiger partial charge in [0.25, 0.3) is 0 Å². The molecule has 5 N–H and O–H groups in total. The maximum Gasteiger partial charge on any atom is 0.224 e.